The van der Waals surface area contributed by atoms with Gasteiger partial charge in [0.1, 0.15) is 5.82 Å². The fourth-order valence-electron chi connectivity index (χ4n) is 2.25. The molecular weight excluding hydrogens is 373 g/mol. The van der Waals surface area contributed by atoms with Crippen LogP contribution in [-0.4, -0.2) is 32.7 Å². The molecular formula is C18H17Cl2N5O. The third kappa shape index (κ3) is 4.40. The van der Waals surface area contributed by atoms with Crippen molar-refractivity contribution in [2.75, 3.05) is 17.2 Å². The molecule has 3 N–H and O–H groups in total. The molecule has 0 unspecified atom stereocenters. The molecule has 26 heavy (non-hydrogen) atoms. The zero-order valence-corrected chi connectivity index (χ0v) is 15.5. The van der Waals surface area contributed by atoms with Gasteiger partial charge in [-0.1, -0.05) is 29.3 Å². The minimum atomic E-state index is -0.198. The molecule has 2 heterocycles. The first-order valence-electron chi connectivity index (χ1n) is 7.94. The summed E-state index contributed by atoms with van der Waals surface area (Å²) < 4.78 is 0. The fourth-order valence-corrected chi connectivity index (χ4v) is 2.74. The number of nitrogens with zero attached hydrogens (tertiary/aromatic N) is 3. The molecule has 0 spiro atoms. The number of aliphatic hydroxyl groups is 1. The van der Waals surface area contributed by atoms with Crippen LogP contribution in [0, 0.1) is 0 Å². The Labute approximate surface area is 161 Å². The van der Waals surface area contributed by atoms with Crippen molar-refractivity contribution >= 4 is 40.7 Å². The van der Waals surface area contributed by atoms with Crippen molar-refractivity contribution in [3.05, 3.63) is 58.8 Å². The Kier molecular flexibility index (Phi) is 5.88. The molecule has 0 saturated heterocycles. The van der Waals surface area contributed by atoms with Crippen molar-refractivity contribution in [3.8, 4) is 11.3 Å². The Balaban J connectivity index is 2.02. The van der Waals surface area contributed by atoms with Crippen LogP contribution in [0.15, 0.2) is 48.8 Å². The number of aliphatic hydroxyl groups excluding tert-OH is 1. The Morgan fingerprint density at radius 1 is 1.12 bits per heavy atom. The van der Waals surface area contributed by atoms with Crippen LogP contribution in [0.2, 0.25) is 10.0 Å². The number of hydrogen-bond acceptors (Lipinski definition) is 6. The number of anilines is 3. The van der Waals surface area contributed by atoms with Gasteiger partial charge in [0, 0.05) is 30.1 Å². The van der Waals surface area contributed by atoms with Crippen LogP contribution < -0.4 is 10.6 Å². The lowest BCUT2D eigenvalue weighted by molar-refractivity contribution is 0.281. The van der Waals surface area contributed by atoms with E-state index < -0.39 is 0 Å². The van der Waals surface area contributed by atoms with Gasteiger partial charge in [-0.2, -0.15) is 4.98 Å². The summed E-state index contributed by atoms with van der Waals surface area (Å²) in [5.74, 6) is 0.889. The van der Waals surface area contributed by atoms with Gasteiger partial charge in [0.05, 0.1) is 28.0 Å². The number of halogens is 2. The molecule has 3 rings (SSSR count). The second-order valence-electron chi connectivity index (χ2n) is 5.65. The van der Waals surface area contributed by atoms with E-state index in [9.17, 15) is 5.11 Å². The van der Waals surface area contributed by atoms with Crippen LogP contribution >= 0.6 is 23.2 Å². The number of rotatable bonds is 6. The quantitative estimate of drug-likeness (QED) is 0.579. The molecule has 3 aromatic rings. The van der Waals surface area contributed by atoms with E-state index in [2.05, 4.69) is 25.6 Å². The smallest absolute Gasteiger partial charge is 0.225 e. The normalized spacial score (nSPS) is 11.8. The highest BCUT2D eigenvalue weighted by molar-refractivity contribution is 6.39. The summed E-state index contributed by atoms with van der Waals surface area (Å²) in [5.41, 5.74) is 2.07. The van der Waals surface area contributed by atoms with E-state index in [4.69, 9.17) is 23.2 Å². The molecule has 134 valence electrons. The Hall–Kier alpha value is -2.41. The van der Waals surface area contributed by atoms with Crippen LogP contribution in [0.3, 0.4) is 0 Å². The summed E-state index contributed by atoms with van der Waals surface area (Å²) in [6.45, 7) is 1.79. The Bertz CT molecular complexity index is 872. The van der Waals surface area contributed by atoms with Gasteiger partial charge in [-0.25, -0.2) is 4.98 Å². The number of nitrogens with one attached hydrogen (secondary N) is 2. The molecule has 1 atom stereocenters. The summed E-state index contributed by atoms with van der Waals surface area (Å²) in [7, 11) is 0. The first-order valence-corrected chi connectivity index (χ1v) is 8.70. The monoisotopic (exact) mass is 389 g/mol. The third-order valence-electron chi connectivity index (χ3n) is 3.55. The van der Waals surface area contributed by atoms with Crippen LogP contribution in [-0.2, 0) is 0 Å². The molecule has 1 aromatic carbocycles. The second kappa shape index (κ2) is 8.31. The van der Waals surface area contributed by atoms with E-state index in [1.54, 1.807) is 36.7 Å². The molecule has 0 saturated carbocycles. The topological polar surface area (TPSA) is 83.0 Å². The zero-order valence-electron chi connectivity index (χ0n) is 13.9. The van der Waals surface area contributed by atoms with Crippen molar-refractivity contribution in [3.63, 3.8) is 0 Å². The summed E-state index contributed by atoms with van der Waals surface area (Å²) in [6.07, 6.45) is 3.41. The van der Waals surface area contributed by atoms with Crippen LogP contribution in [0.1, 0.15) is 6.92 Å². The van der Waals surface area contributed by atoms with E-state index in [0.29, 0.717) is 33.2 Å². The molecule has 0 fully saturated rings. The maximum atomic E-state index is 9.28. The predicted octanol–water partition coefficient (Wildman–Crippen LogP) is 4.38. The lowest BCUT2D eigenvalue weighted by Gasteiger charge is -2.15. The SMILES string of the molecule is C[C@@H](CO)Nc1nc(Nc2c(Cl)cccc2Cl)cc(-c2cccnc2)n1. The van der Waals surface area contributed by atoms with Gasteiger partial charge in [0.2, 0.25) is 5.95 Å². The van der Waals surface area contributed by atoms with Crippen molar-refractivity contribution in [1.82, 2.24) is 15.0 Å². The molecule has 0 radical (unpaired) electrons. The van der Waals surface area contributed by atoms with Gasteiger partial charge >= 0.3 is 0 Å². The summed E-state index contributed by atoms with van der Waals surface area (Å²) in [6, 6.07) is 10.6. The molecule has 0 aliphatic heterocycles. The fraction of sp³-hybridized carbons (Fsp3) is 0.167. The first-order chi connectivity index (χ1) is 12.6. The van der Waals surface area contributed by atoms with E-state index in [0.717, 1.165) is 5.56 Å². The maximum Gasteiger partial charge on any atom is 0.225 e. The van der Waals surface area contributed by atoms with E-state index in [1.165, 1.54) is 0 Å². The van der Waals surface area contributed by atoms with Crippen molar-refractivity contribution in [1.29, 1.82) is 0 Å². The third-order valence-corrected chi connectivity index (χ3v) is 4.18. The van der Waals surface area contributed by atoms with Crippen LogP contribution in [0.25, 0.3) is 11.3 Å². The van der Waals surface area contributed by atoms with Gasteiger partial charge < -0.3 is 15.7 Å². The minimum Gasteiger partial charge on any atom is -0.394 e. The molecule has 6 nitrogen and oxygen atoms in total. The largest absolute Gasteiger partial charge is 0.394 e. The Morgan fingerprint density at radius 3 is 2.54 bits per heavy atom. The highest BCUT2D eigenvalue weighted by Gasteiger charge is 2.12. The number of aromatic nitrogens is 3. The number of para-hydroxylation sites is 1. The second-order valence-corrected chi connectivity index (χ2v) is 6.47. The van der Waals surface area contributed by atoms with Crippen molar-refractivity contribution < 1.29 is 5.11 Å². The van der Waals surface area contributed by atoms with Crippen LogP contribution in [0.4, 0.5) is 17.5 Å². The maximum absolute atomic E-state index is 9.28. The average Bonchev–Trinajstić information content (AvgIpc) is 2.65. The lowest BCUT2D eigenvalue weighted by Crippen LogP contribution is -2.21. The number of pyridine rings is 1. The molecule has 0 aliphatic rings. The van der Waals surface area contributed by atoms with E-state index >= 15 is 0 Å². The van der Waals surface area contributed by atoms with Gasteiger partial charge in [0.15, 0.2) is 0 Å². The van der Waals surface area contributed by atoms with E-state index in [1.807, 2.05) is 19.1 Å². The average molecular weight is 390 g/mol. The standard InChI is InChI=1S/C18H17Cl2N5O/c1-11(10-26)22-18-23-15(12-4-3-7-21-9-12)8-16(25-18)24-17-13(19)5-2-6-14(17)20/h2-9,11,26H,10H2,1H3,(H2,22,23,24,25)/t11-/m0/s1. The molecule has 8 heteroatoms. The Morgan fingerprint density at radius 2 is 1.88 bits per heavy atom. The summed E-state index contributed by atoms with van der Waals surface area (Å²) in [4.78, 5) is 13.1. The van der Waals surface area contributed by atoms with Gasteiger partial charge in [0.25, 0.3) is 0 Å². The highest BCUT2D eigenvalue weighted by atomic mass is 35.5. The summed E-state index contributed by atoms with van der Waals surface area (Å²) >= 11 is 12.5. The van der Waals surface area contributed by atoms with Crippen LogP contribution in [0.5, 0.6) is 0 Å². The lowest BCUT2D eigenvalue weighted by atomic mass is 10.2. The van der Waals surface area contributed by atoms with Crippen molar-refractivity contribution in [2.45, 2.75) is 13.0 Å². The highest BCUT2D eigenvalue weighted by Crippen LogP contribution is 2.33. The number of benzene rings is 1. The van der Waals surface area contributed by atoms with Crippen molar-refractivity contribution in [2.24, 2.45) is 0 Å². The van der Waals surface area contributed by atoms with E-state index in [-0.39, 0.29) is 12.6 Å². The summed E-state index contributed by atoms with van der Waals surface area (Å²) in [5, 5.41) is 16.5. The molecule has 0 bridgehead atoms. The minimum absolute atomic E-state index is 0.0421. The number of hydrogen-bond donors (Lipinski definition) is 3. The molecule has 2 aromatic heterocycles. The van der Waals surface area contributed by atoms with Gasteiger partial charge in [-0.15, -0.1) is 0 Å². The first kappa shape index (κ1) is 18.4. The molecule has 0 amide bonds. The predicted molar refractivity (Wildman–Crippen MR) is 105 cm³/mol. The van der Waals surface area contributed by atoms with Gasteiger partial charge in [-0.3, -0.25) is 4.98 Å². The van der Waals surface area contributed by atoms with Gasteiger partial charge in [-0.05, 0) is 31.2 Å². The zero-order chi connectivity index (χ0) is 18.5. The molecule has 0 aliphatic carbocycles.